The van der Waals surface area contributed by atoms with Crippen LogP contribution in [0.15, 0.2) is 145 Å². The van der Waals surface area contributed by atoms with Crippen LogP contribution >= 0.6 is 0 Å². The Kier molecular flexibility index (Phi) is 8.38. The van der Waals surface area contributed by atoms with Crippen LogP contribution in [0.4, 0.5) is 0 Å². The van der Waals surface area contributed by atoms with E-state index in [0.717, 1.165) is 17.8 Å². The van der Waals surface area contributed by atoms with Crippen LogP contribution in [0.1, 0.15) is 31.4 Å². The Morgan fingerprint density at radius 2 is 1.57 bits per heavy atom. The largest absolute Gasteiger partial charge is 0.402 e. The second-order valence-corrected chi connectivity index (χ2v) is 11.1. The fourth-order valence-corrected chi connectivity index (χ4v) is 5.88. The van der Waals surface area contributed by atoms with E-state index < -0.39 is 0 Å². The quantitative estimate of drug-likeness (QED) is 0.132. The second kappa shape index (κ2) is 12.8. The van der Waals surface area contributed by atoms with E-state index in [4.69, 9.17) is 11.1 Å². The van der Waals surface area contributed by atoms with Crippen molar-refractivity contribution < 1.29 is 0 Å². The molecule has 0 atom stereocenters. The van der Waals surface area contributed by atoms with E-state index in [9.17, 15) is 0 Å². The lowest BCUT2D eigenvalue weighted by Gasteiger charge is -2.11. The highest BCUT2D eigenvalue weighted by molar-refractivity contribution is 6.19. The number of benzene rings is 5. The Balaban J connectivity index is 1.45. The molecular formula is C41H37N3. The third-order valence-corrected chi connectivity index (χ3v) is 8.29. The Hall–Kier alpha value is -5.41. The number of hydrogen-bond donors (Lipinski definition) is 2. The molecule has 0 saturated heterocycles. The molecule has 44 heavy (non-hydrogen) atoms. The summed E-state index contributed by atoms with van der Waals surface area (Å²) in [5.74, 6) is 0. The van der Waals surface area contributed by atoms with Gasteiger partial charge in [0.25, 0.3) is 0 Å². The van der Waals surface area contributed by atoms with Gasteiger partial charge < -0.3 is 15.7 Å². The van der Waals surface area contributed by atoms with Gasteiger partial charge in [-0.3, -0.25) is 0 Å². The summed E-state index contributed by atoms with van der Waals surface area (Å²) in [6.07, 6.45) is 14.6. The maximum Gasteiger partial charge on any atom is 0.0619 e. The highest BCUT2D eigenvalue weighted by atomic mass is 15.0. The Bertz CT molecular complexity index is 2100. The predicted octanol–water partition coefficient (Wildman–Crippen LogP) is 10.6. The van der Waals surface area contributed by atoms with Crippen molar-refractivity contribution >= 4 is 44.4 Å². The first-order valence-electron chi connectivity index (χ1n) is 15.1. The first kappa shape index (κ1) is 28.7. The molecule has 6 rings (SSSR count). The van der Waals surface area contributed by atoms with Crippen LogP contribution in [0.25, 0.3) is 55.0 Å². The van der Waals surface area contributed by atoms with E-state index in [2.05, 4.69) is 134 Å². The van der Waals surface area contributed by atoms with Crippen molar-refractivity contribution in [3.8, 4) is 16.8 Å². The van der Waals surface area contributed by atoms with E-state index in [0.29, 0.717) is 6.42 Å². The number of hydrogen-bond acceptors (Lipinski definition) is 2. The van der Waals surface area contributed by atoms with Gasteiger partial charge in [-0.15, -0.1) is 0 Å². The lowest BCUT2D eigenvalue weighted by Crippen LogP contribution is -1.95. The summed E-state index contributed by atoms with van der Waals surface area (Å²) in [7, 11) is 0. The normalized spacial score (nSPS) is 12.8. The molecule has 3 nitrogen and oxygen atoms in total. The molecule has 5 aromatic carbocycles. The van der Waals surface area contributed by atoms with Crippen molar-refractivity contribution in [2.75, 3.05) is 0 Å². The van der Waals surface area contributed by atoms with E-state index in [1.54, 1.807) is 6.08 Å². The molecule has 0 saturated carbocycles. The molecule has 0 radical (unpaired) electrons. The van der Waals surface area contributed by atoms with Gasteiger partial charge >= 0.3 is 0 Å². The van der Waals surface area contributed by atoms with Crippen molar-refractivity contribution in [1.29, 1.82) is 5.41 Å². The molecule has 3 N–H and O–H groups in total. The first-order chi connectivity index (χ1) is 21.6. The van der Waals surface area contributed by atoms with Gasteiger partial charge in [0.1, 0.15) is 0 Å². The summed E-state index contributed by atoms with van der Waals surface area (Å²) in [6, 6.07) is 37.7. The Morgan fingerprint density at radius 3 is 2.39 bits per heavy atom. The number of fused-ring (bicyclic) bond motifs is 5. The number of aromatic nitrogens is 1. The van der Waals surface area contributed by atoms with Gasteiger partial charge in [-0.25, -0.2) is 0 Å². The number of nitrogens with two attached hydrogens (primary N) is 1. The fourth-order valence-electron chi connectivity index (χ4n) is 5.88. The topological polar surface area (TPSA) is 54.8 Å². The minimum Gasteiger partial charge on any atom is -0.402 e. The molecule has 0 aliphatic rings. The van der Waals surface area contributed by atoms with E-state index in [-0.39, 0.29) is 0 Å². The number of para-hydroxylation sites is 1. The van der Waals surface area contributed by atoms with Gasteiger partial charge in [0, 0.05) is 40.2 Å². The van der Waals surface area contributed by atoms with Gasteiger partial charge in [-0.2, -0.15) is 0 Å². The molecule has 1 aromatic heterocycles. The standard InChI is InChI=1S/C41H37N3/c1-3-29(2)31-13-11-14-32(27-31)33-20-23-37-34(28-33)21-24-39-38-22-19-30(12-7-8-15-35(43)16-9-10-25-42)26-40(38)44(41(37)39)36-17-5-4-6-18-36/h3-11,13-15,17-28,42H,12,16,43H2,1-2H3/b8-7-,10-9-,29-3+,35-15-,42-25?. The third-order valence-electron chi connectivity index (χ3n) is 8.29. The van der Waals surface area contributed by atoms with Crippen LogP contribution in [0.2, 0.25) is 0 Å². The summed E-state index contributed by atoms with van der Waals surface area (Å²) >= 11 is 0. The molecule has 216 valence electrons. The van der Waals surface area contributed by atoms with Crippen LogP contribution in [0.5, 0.6) is 0 Å². The molecule has 0 spiro atoms. The molecule has 0 unspecified atom stereocenters. The van der Waals surface area contributed by atoms with Crippen LogP contribution in [0.3, 0.4) is 0 Å². The van der Waals surface area contributed by atoms with E-state index in [1.807, 2.05) is 18.2 Å². The molecule has 0 amide bonds. The van der Waals surface area contributed by atoms with Crippen LogP contribution in [-0.2, 0) is 6.42 Å². The van der Waals surface area contributed by atoms with Crippen LogP contribution < -0.4 is 5.73 Å². The zero-order valence-electron chi connectivity index (χ0n) is 25.3. The highest BCUT2D eigenvalue weighted by Crippen LogP contribution is 2.38. The highest BCUT2D eigenvalue weighted by Gasteiger charge is 2.16. The zero-order chi connectivity index (χ0) is 30.5. The SMILES string of the molecule is C/C=C(\C)c1cccc(-c2ccc3c(ccc4c5ccc(C/C=C\C=C(/N)C/C=C\C=N)cc5n(-c5ccccc5)c34)c2)c1. The number of allylic oxidation sites excluding steroid dienone is 7. The van der Waals surface area contributed by atoms with E-state index >= 15 is 0 Å². The minimum absolute atomic E-state index is 0.639. The van der Waals surface area contributed by atoms with Crippen molar-refractivity contribution in [1.82, 2.24) is 4.57 Å². The maximum absolute atomic E-state index is 7.09. The number of rotatable bonds is 9. The first-order valence-corrected chi connectivity index (χ1v) is 15.1. The van der Waals surface area contributed by atoms with E-state index in [1.165, 1.54) is 66.6 Å². The lowest BCUT2D eigenvalue weighted by molar-refractivity contribution is 1.16. The second-order valence-electron chi connectivity index (χ2n) is 11.1. The minimum atomic E-state index is 0.639. The summed E-state index contributed by atoms with van der Waals surface area (Å²) in [4.78, 5) is 0. The van der Waals surface area contributed by atoms with Crippen LogP contribution in [0, 0.1) is 5.41 Å². The van der Waals surface area contributed by atoms with Crippen molar-refractivity contribution in [3.63, 3.8) is 0 Å². The number of nitrogens with one attached hydrogen (secondary N) is 1. The summed E-state index contributed by atoms with van der Waals surface area (Å²) in [5, 5.41) is 12.1. The maximum atomic E-state index is 7.09. The lowest BCUT2D eigenvalue weighted by atomic mass is 9.97. The smallest absolute Gasteiger partial charge is 0.0619 e. The molecule has 1 heterocycles. The summed E-state index contributed by atoms with van der Waals surface area (Å²) in [6.45, 7) is 4.25. The van der Waals surface area contributed by atoms with Crippen molar-refractivity contribution in [2.24, 2.45) is 5.73 Å². The summed E-state index contributed by atoms with van der Waals surface area (Å²) in [5.41, 5.74) is 16.7. The molecule has 0 aliphatic heterocycles. The summed E-state index contributed by atoms with van der Waals surface area (Å²) < 4.78 is 2.42. The molecule has 0 fully saturated rings. The van der Waals surface area contributed by atoms with Crippen molar-refractivity contribution in [3.05, 3.63) is 156 Å². The molecular weight excluding hydrogens is 534 g/mol. The predicted molar refractivity (Wildman–Crippen MR) is 191 cm³/mol. The van der Waals surface area contributed by atoms with Gasteiger partial charge in [0.2, 0.25) is 0 Å². The number of nitrogens with zero attached hydrogens (tertiary/aromatic N) is 1. The van der Waals surface area contributed by atoms with Gasteiger partial charge in [0.15, 0.2) is 0 Å². The third kappa shape index (κ3) is 5.77. The van der Waals surface area contributed by atoms with Gasteiger partial charge in [-0.05, 0) is 96.0 Å². The Morgan fingerprint density at radius 1 is 0.773 bits per heavy atom. The average molecular weight is 572 g/mol. The monoisotopic (exact) mass is 571 g/mol. The van der Waals surface area contributed by atoms with Gasteiger partial charge in [-0.1, -0.05) is 97.1 Å². The fraction of sp³-hybridized carbons (Fsp3) is 0.0976. The average Bonchev–Trinajstić information content (AvgIpc) is 3.40. The molecule has 0 aliphatic carbocycles. The van der Waals surface area contributed by atoms with Gasteiger partial charge in [0.05, 0.1) is 11.0 Å². The Labute approximate surface area is 259 Å². The van der Waals surface area contributed by atoms with Crippen molar-refractivity contribution in [2.45, 2.75) is 26.7 Å². The zero-order valence-corrected chi connectivity index (χ0v) is 25.3. The van der Waals surface area contributed by atoms with Crippen LogP contribution in [-0.4, -0.2) is 10.8 Å². The molecule has 3 heteroatoms. The molecule has 0 bridgehead atoms. The molecule has 6 aromatic rings.